The van der Waals surface area contributed by atoms with Crippen molar-refractivity contribution in [1.29, 1.82) is 0 Å². The van der Waals surface area contributed by atoms with Gasteiger partial charge in [0.05, 0.1) is 26.4 Å². The summed E-state index contributed by atoms with van der Waals surface area (Å²) >= 11 is 0. The van der Waals surface area contributed by atoms with Crippen molar-refractivity contribution in [2.75, 3.05) is 39.6 Å². The number of ether oxygens (including phenoxy) is 4. The molecule has 0 rings (SSSR count). The molecule has 3 N–H and O–H groups in total. The first-order valence-corrected chi connectivity index (χ1v) is 28.3. The molecule has 0 heterocycles. The van der Waals surface area contributed by atoms with Gasteiger partial charge in [-0.05, 0) is 25.7 Å². The Morgan fingerprint density at radius 1 is 0.364 bits per heavy atom. The van der Waals surface area contributed by atoms with E-state index in [0.29, 0.717) is 25.7 Å². The van der Waals surface area contributed by atoms with E-state index in [9.17, 15) is 43.2 Å². The van der Waals surface area contributed by atoms with E-state index in [1.165, 1.54) is 6.42 Å². The molecule has 0 aliphatic rings. The third-order valence-corrected chi connectivity index (χ3v) is 12.5. The highest BCUT2D eigenvalue weighted by molar-refractivity contribution is 7.47. The molecule has 390 valence electrons. The number of rotatable bonds is 48. The van der Waals surface area contributed by atoms with Crippen LogP contribution in [0.4, 0.5) is 0 Å². The van der Waals surface area contributed by atoms with Crippen LogP contribution in [0.5, 0.6) is 0 Å². The number of aliphatic hydroxyl groups excluding tert-OH is 1. The van der Waals surface area contributed by atoms with Crippen LogP contribution in [0.15, 0.2) is 0 Å². The maximum absolute atomic E-state index is 12.8. The fourth-order valence-electron chi connectivity index (χ4n) is 6.63. The summed E-state index contributed by atoms with van der Waals surface area (Å²) in [6, 6.07) is 0. The number of esters is 4. The minimum absolute atomic E-state index is 0.103. The fourth-order valence-corrected chi connectivity index (χ4v) is 8.21. The molecule has 66 heavy (non-hydrogen) atoms. The second-order valence-electron chi connectivity index (χ2n) is 17.1. The van der Waals surface area contributed by atoms with Gasteiger partial charge >= 0.3 is 39.5 Å². The van der Waals surface area contributed by atoms with E-state index in [4.69, 9.17) is 37.0 Å². The third kappa shape index (κ3) is 42.2. The Morgan fingerprint density at radius 3 is 0.894 bits per heavy atom. The Morgan fingerprint density at radius 2 is 0.606 bits per heavy atom. The maximum atomic E-state index is 12.8. The number of unbranched alkanes of at least 4 members (excludes halogenated alkanes) is 22. The largest absolute Gasteiger partial charge is 0.472 e. The Labute approximate surface area is 397 Å². The van der Waals surface area contributed by atoms with Crippen molar-refractivity contribution in [2.45, 2.75) is 239 Å². The molecule has 5 atom stereocenters. The van der Waals surface area contributed by atoms with Crippen LogP contribution in [-0.4, -0.2) is 96.7 Å². The van der Waals surface area contributed by atoms with Gasteiger partial charge in [-0.1, -0.05) is 169 Å². The molecular weight excluding hydrogens is 898 g/mol. The van der Waals surface area contributed by atoms with Gasteiger partial charge in [0.25, 0.3) is 0 Å². The van der Waals surface area contributed by atoms with Crippen molar-refractivity contribution in [3.05, 3.63) is 0 Å². The van der Waals surface area contributed by atoms with Gasteiger partial charge in [-0.2, -0.15) is 0 Å². The summed E-state index contributed by atoms with van der Waals surface area (Å²) in [5.41, 5.74) is 0. The number of carbonyl (C=O) groups is 4. The van der Waals surface area contributed by atoms with Crippen LogP contribution in [0, 0.1) is 0 Å². The summed E-state index contributed by atoms with van der Waals surface area (Å²) in [6.07, 6.45) is 21.9. The van der Waals surface area contributed by atoms with Crippen molar-refractivity contribution >= 4 is 39.5 Å². The molecule has 0 aromatic heterocycles. The molecule has 0 saturated heterocycles. The highest BCUT2D eigenvalue weighted by Crippen LogP contribution is 2.45. The van der Waals surface area contributed by atoms with E-state index < -0.39 is 97.5 Å². The van der Waals surface area contributed by atoms with E-state index in [-0.39, 0.29) is 25.7 Å². The second-order valence-corrected chi connectivity index (χ2v) is 20.0. The Kier molecular flexibility index (Phi) is 41.8. The van der Waals surface area contributed by atoms with Gasteiger partial charge in [-0.15, -0.1) is 0 Å². The third-order valence-electron chi connectivity index (χ3n) is 10.6. The number of phosphoric acid groups is 2. The van der Waals surface area contributed by atoms with Crippen LogP contribution in [0.25, 0.3) is 0 Å². The SMILES string of the molecule is CCCCCCCCCC(=O)OC[C@H](COP(=O)(O)OC[C@@H](O)COP(=O)(O)OC[C@@H](COC(=O)CCCCCCC)OC(=O)CCCCCCCCC)OC(=O)CCCCCCCCC. The predicted octanol–water partition coefficient (Wildman–Crippen LogP) is 11.3. The van der Waals surface area contributed by atoms with Crippen molar-refractivity contribution in [3.8, 4) is 0 Å². The summed E-state index contributed by atoms with van der Waals surface area (Å²) < 4.78 is 66.7. The van der Waals surface area contributed by atoms with Crippen LogP contribution >= 0.6 is 15.6 Å². The second kappa shape index (κ2) is 43.1. The Balaban J connectivity index is 5.15. The number of phosphoric ester groups is 2. The smallest absolute Gasteiger partial charge is 0.462 e. The zero-order chi connectivity index (χ0) is 49.2. The molecule has 0 amide bonds. The first kappa shape index (κ1) is 64.1. The van der Waals surface area contributed by atoms with Crippen molar-refractivity contribution in [2.24, 2.45) is 0 Å². The van der Waals surface area contributed by atoms with Gasteiger partial charge in [-0.25, -0.2) is 9.13 Å². The summed E-state index contributed by atoms with van der Waals surface area (Å²) in [7, 11) is -9.83. The standard InChI is InChI=1S/C47H90O17P2/c1-5-9-13-17-20-24-28-32-45(50)58-38-43(64-47(52)34-30-26-22-19-15-11-7-3)40-62-66(55,56)60-36-41(48)35-59-65(53,54)61-39-42(37-57-44(49)31-27-23-16-12-8-4)63-46(51)33-29-25-21-18-14-10-6-2/h41-43,48H,5-40H2,1-4H3,(H,53,54)(H,55,56)/t41-,42+,43+/m0/s1. The molecule has 0 aliphatic carbocycles. The summed E-state index contributed by atoms with van der Waals surface area (Å²) in [6.45, 7) is 4.54. The molecular formula is C47H90O17P2. The van der Waals surface area contributed by atoms with Gasteiger partial charge in [0, 0.05) is 25.7 Å². The van der Waals surface area contributed by atoms with E-state index in [1.54, 1.807) is 0 Å². The first-order valence-electron chi connectivity index (χ1n) is 25.3. The lowest BCUT2D eigenvalue weighted by molar-refractivity contribution is -0.161. The molecule has 0 saturated carbocycles. The zero-order valence-electron chi connectivity index (χ0n) is 41.1. The minimum atomic E-state index is -4.91. The summed E-state index contributed by atoms with van der Waals surface area (Å²) in [5, 5.41) is 10.4. The Hall–Kier alpha value is -1.94. The predicted molar refractivity (Wildman–Crippen MR) is 252 cm³/mol. The molecule has 0 aliphatic heterocycles. The monoisotopic (exact) mass is 989 g/mol. The number of aliphatic hydroxyl groups is 1. The zero-order valence-corrected chi connectivity index (χ0v) is 42.9. The average molecular weight is 989 g/mol. The lowest BCUT2D eigenvalue weighted by atomic mass is 10.1. The molecule has 0 spiro atoms. The minimum Gasteiger partial charge on any atom is -0.462 e. The summed E-state index contributed by atoms with van der Waals surface area (Å²) in [5.74, 6) is -2.18. The van der Waals surface area contributed by atoms with Crippen LogP contribution in [0.3, 0.4) is 0 Å². The van der Waals surface area contributed by atoms with Crippen LogP contribution in [0.1, 0.15) is 220 Å². The van der Waals surface area contributed by atoms with Gasteiger partial charge in [-0.3, -0.25) is 37.3 Å². The maximum Gasteiger partial charge on any atom is 0.472 e. The molecule has 17 nitrogen and oxygen atoms in total. The van der Waals surface area contributed by atoms with Crippen molar-refractivity contribution in [1.82, 2.24) is 0 Å². The van der Waals surface area contributed by atoms with Crippen LogP contribution in [0.2, 0.25) is 0 Å². The van der Waals surface area contributed by atoms with E-state index >= 15 is 0 Å². The number of hydrogen-bond donors (Lipinski definition) is 3. The average Bonchev–Trinajstić information content (AvgIpc) is 3.28. The van der Waals surface area contributed by atoms with Gasteiger partial charge in [0.15, 0.2) is 12.2 Å². The Bertz CT molecular complexity index is 1320. The van der Waals surface area contributed by atoms with Crippen molar-refractivity contribution < 1.29 is 80.2 Å². The topological polar surface area (TPSA) is 237 Å². The lowest BCUT2D eigenvalue weighted by Gasteiger charge is -2.21. The van der Waals surface area contributed by atoms with Crippen LogP contribution < -0.4 is 0 Å². The number of hydrogen-bond acceptors (Lipinski definition) is 15. The van der Waals surface area contributed by atoms with Gasteiger partial charge in [0.2, 0.25) is 0 Å². The highest BCUT2D eigenvalue weighted by atomic mass is 31.2. The summed E-state index contributed by atoms with van der Waals surface area (Å²) in [4.78, 5) is 70.7. The molecule has 0 bridgehead atoms. The lowest BCUT2D eigenvalue weighted by Crippen LogP contribution is -2.30. The van der Waals surface area contributed by atoms with E-state index in [0.717, 1.165) is 135 Å². The van der Waals surface area contributed by atoms with Gasteiger partial charge < -0.3 is 33.8 Å². The molecule has 0 aromatic rings. The normalized spacial score (nSPS) is 14.7. The van der Waals surface area contributed by atoms with Gasteiger partial charge in [0.1, 0.15) is 19.3 Å². The highest BCUT2D eigenvalue weighted by Gasteiger charge is 2.30. The van der Waals surface area contributed by atoms with E-state index in [2.05, 4.69) is 27.7 Å². The van der Waals surface area contributed by atoms with Crippen molar-refractivity contribution in [3.63, 3.8) is 0 Å². The molecule has 0 fully saturated rings. The van der Waals surface area contributed by atoms with E-state index in [1.807, 2.05) is 0 Å². The molecule has 0 radical (unpaired) electrons. The molecule has 0 aromatic carbocycles. The molecule has 19 heteroatoms. The molecule has 2 unspecified atom stereocenters. The quantitative estimate of drug-likeness (QED) is 0.0222. The fraction of sp³-hybridized carbons (Fsp3) is 0.915. The number of carbonyl (C=O) groups excluding carboxylic acids is 4. The van der Waals surface area contributed by atoms with Crippen LogP contribution in [-0.2, 0) is 65.4 Å². The first-order chi connectivity index (χ1) is 31.7.